The fourth-order valence-corrected chi connectivity index (χ4v) is 2.57. The molecule has 1 heterocycles. The van der Waals surface area contributed by atoms with Crippen LogP contribution < -0.4 is 5.32 Å². The third-order valence-corrected chi connectivity index (χ3v) is 3.89. The summed E-state index contributed by atoms with van der Waals surface area (Å²) in [5.41, 5.74) is 2.45. The number of carbonyl (C=O) groups is 1. The normalized spacial score (nSPS) is 10.4. The van der Waals surface area contributed by atoms with Crippen molar-refractivity contribution in [1.29, 1.82) is 0 Å². The molecule has 110 valence electrons. The number of aromatic nitrogens is 1. The molecule has 5 heteroatoms. The van der Waals surface area contributed by atoms with Crippen molar-refractivity contribution in [1.82, 2.24) is 10.3 Å². The number of nitrogens with one attached hydrogen (secondary N) is 1. The van der Waals surface area contributed by atoms with Gasteiger partial charge >= 0.3 is 0 Å². The molecule has 0 saturated heterocycles. The van der Waals surface area contributed by atoms with Gasteiger partial charge in [-0.2, -0.15) is 0 Å². The standard InChI is InChI=1S/C16H17FN2OS/c1-12-8-13(5-6-15(12)17)9-19-16(20)11-21-10-14-4-2-3-7-18-14/h2-8H,9-11H2,1H3,(H,19,20). The first-order valence-electron chi connectivity index (χ1n) is 6.64. The second-order valence-corrected chi connectivity index (χ2v) is 5.66. The summed E-state index contributed by atoms with van der Waals surface area (Å²) in [7, 11) is 0. The van der Waals surface area contributed by atoms with Crippen LogP contribution in [-0.4, -0.2) is 16.6 Å². The Bertz CT molecular complexity index is 604. The van der Waals surface area contributed by atoms with Gasteiger partial charge in [-0.3, -0.25) is 9.78 Å². The van der Waals surface area contributed by atoms with Crippen molar-refractivity contribution >= 4 is 17.7 Å². The van der Waals surface area contributed by atoms with Crippen LogP contribution in [-0.2, 0) is 17.1 Å². The predicted octanol–water partition coefficient (Wildman–Crippen LogP) is 3.08. The van der Waals surface area contributed by atoms with Crippen molar-refractivity contribution in [3.05, 3.63) is 65.2 Å². The molecule has 0 saturated carbocycles. The van der Waals surface area contributed by atoms with Crippen LogP contribution in [0.4, 0.5) is 4.39 Å². The summed E-state index contributed by atoms with van der Waals surface area (Å²) in [4.78, 5) is 15.9. The summed E-state index contributed by atoms with van der Waals surface area (Å²) in [5.74, 6) is 0.842. The molecule has 0 aliphatic heterocycles. The van der Waals surface area contributed by atoms with Crippen molar-refractivity contribution in [3.8, 4) is 0 Å². The molecule has 0 aliphatic carbocycles. The number of hydrogen-bond donors (Lipinski definition) is 1. The smallest absolute Gasteiger partial charge is 0.230 e. The van der Waals surface area contributed by atoms with E-state index in [2.05, 4.69) is 10.3 Å². The Morgan fingerprint density at radius 3 is 2.90 bits per heavy atom. The second-order valence-electron chi connectivity index (χ2n) is 4.67. The lowest BCUT2D eigenvalue weighted by Gasteiger charge is -2.06. The van der Waals surface area contributed by atoms with Crippen molar-refractivity contribution in [2.45, 2.75) is 19.2 Å². The van der Waals surface area contributed by atoms with Gasteiger partial charge in [0, 0.05) is 18.5 Å². The van der Waals surface area contributed by atoms with Gasteiger partial charge in [-0.25, -0.2) is 4.39 Å². The SMILES string of the molecule is Cc1cc(CNC(=O)CSCc2ccccn2)ccc1F. The van der Waals surface area contributed by atoms with Gasteiger partial charge in [0.2, 0.25) is 5.91 Å². The van der Waals surface area contributed by atoms with Crippen LogP contribution in [0.1, 0.15) is 16.8 Å². The average Bonchev–Trinajstić information content (AvgIpc) is 2.49. The first-order valence-corrected chi connectivity index (χ1v) is 7.80. The molecular weight excluding hydrogens is 287 g/mol. The molecule has 1 aromatic heterocycles. The van der Waals surface area contributed by atoms with E-state index in [1.165, 1.54) is 17.8 Å². The van der Waals surface area contributed by atoms with Gasteiger partial charge in [-0.05, 0) is 36.2 Å². The number of carbonyl (C=O) groups excluding carboxylic acids is 1. The number of thioether (sulfide) groups is 1. The summed E-state index contributed by atoms with van der Waals surface area (Å²) < 4.78 is 13.1. The highest BCUT2D eigenvalue weighted by atomic mass is 32.2. The molecule has 3 nitrogen and oxygen atoms in total. The van der Waals surface area contributed by atoms with Gasteiger partial charge in [-0.15, -0.1) is 11.8 Å². The van der Waals surface area contributed by atoms with Crippen molar-refractivity contribution in [2.24, 2.45) is 0 Å². The zero-order chi connectivity index (χ0) is 15.1. The Balaban J connectivity index is 1.71. The molecule has 0 spiro atoms. The van der Waals surface area contributed by atoms with E-state index in [4.69, 9.17) is 0 Å². The quantitative estimate of drug-likeness (QED) is 0.892. The lowest BCUT2D eigenvalue weighted by molar-refractivity contribution is -0.118. The molecule has 0 bridgehead atoms. The number of nitrogens with zero attached hydrogens (tertiary/aromatic N) is 1. The third-order valence-electron chi connectivity index (χ3n) is 2.92. The number of aryl methyl sites for hydroxylation is 1. The molecule has 0 unspecified atom stereocenters. The second kappa shape index (κ2) is 7.78. The molecule has 0 fully saturated rings. The fourth-order valence-electron chi connectivity index (χ4n) is 1.80. The number of halogens is 1. The highest BCUT2D eigenvalue weighted by Gasteiger charge is 2.04. The van der Waals surface area contributed by atoms with Gasteiger partial charge in [-0.1, -0.05) is 18.2 Å². The molecule has 0 aliphatic rings. The maximum absolute atomic E-state index is 13.1. The van der Waals surface area contributed by atoms with Crippen LogP contribution in [0.5, 0.6) is 0 Å². The Labute approximate surface area is 128 Å². The number of amides is 1. The Morgan fingerprint density at radius 1 is 1.33 bits per heavy atom. The molecule has 0 atom stereocenters. The molecule has 1 N–H and O–H groups in total. The monoisotopic (exact) mass is 304 g/mol. The highest BCUT2D eigenvalue weighted by molar-refractivity contribution is 7.99. The summed E-state index contributed by atoms with van der Waals surface area (Å²) in [6, 6.07) is 10.6. The average molecular weight is 304 g/mol. The summed E-state index contributed by atoms with van der Waals surface area (Å²) in [6.45, 7) is 2.13. The maximum Gasteiger partial charge on any atom is 0.230 e. The van der Waals surface area contributed by atoms with Crippen LogP contribution in [0.2, 0.25) is 0 Å². The van der Waals surface area contributed by atoms with E-state index >= 15 is 0 Å². The zero-order valence-corrected chi connectivity index (χ0v) is 12.6. The lowest BCUT2D eigenvalue weighted by Crippen LogP contribution is -2.24. The lowest BCUT2D eigenvalue weighted by atomic mass is 10.1. The van der Waals surface area contributed by atoms with E-state index in [9.17, 15) is 9.18 Å². The van der Waals surface area contributed by atoms with Crippen LogP contribution in [0.25, 0.3) is 0 Å². The number of rotatable bonds is 6. The van der Waals surface area contributed by atoms with E-state index in [1.54, 1.807) is 25.3 Å². The largest absolute Gasteiger partial charge is 0.351 e. The van der Waals surface area contributed by atoms with Crippen molar-refractivity contribution < 1.29 is 9.18 Å². The van der Waals surface area contributed by atoms with E-state index in [-0.39, 0.29) is 11.7 Å². The van der Waals surface area contributed by atoms with Gasteiger partial charge < -0.3 is 5.32 Å². The number of benzene rings is 1. The van der Waals surface area contributed by atoms with E-state index in [0.717, 1.165) is 11.3 Å². The van der Waals surface area contributed by atoms with Gasteiger partial charge in [0.15, 0.2) is 0 Å². The predicted molar refractivity (Wildman–Crippen MR) is 83.4 cm³/mol. The zero-order valence-electron chi connectivity index (χ0n) is 11.8. The van der Waals surface area contributed by atoms with Crippen molar-refractivity contribution in [2.75, 3.05) is 5.75 Å². The first-order chi connectivity index (χ1) is 10.1. The molecule has 1 amide bonds. The minimum Gasteiger partial charge on any atom is -0.351 e. The number of pyridine rings is 1. The summed E-state index contributed by atoms with van der Waals surface area (Å²) in [5, 5.41) is 2.83. The Morgan fingerprint density at radius 2 is 2.19 bits per heavy atom. The first kappa shape index (κ1) is 15.5. The highest BCUT2D eigenvalue weighted by Crippen LogP contribution is 2.10. The molecule has 2 aromatic rings. The van der Waals surface area contributed by atoms with E-state index in [1.807, 2.05) is 18.2 Å². The fraction of sp³-hybridized carbons (Fsp3) is 0.250. The third kappa shape index (κ3) is 5.19. The Hall–Kier alpha value is -1.88. The minimum atomic E-state index is -0.226. The summed E-state index contributed by atoms with van der Waals surface area (Å²) in [6.07, 6.45) is 1.74. The Kier molecular flexibility index (Phi) is 5.75. The van der Waals surface area contributed by atoms with E-state index in [0.29, 0.717) is 23.6 Å². The molecule has 21 heavy (non-hydrogen) atoms. The van der Waals surface area contributed by atoms with Gasteiger partial charge in [0.25, 0.3) is 0 Å². The molecular formula is C16H17FN2OS. The van der Waals surface area contributed by atoms with Crippen LogP contribution >= 0.6 is 11.8 Å². The maximum atomic E-state index is 13.1. The molecule has 1 aromatic carbocycles. The van der Waals surface area contributed by atoms with E-state index < -0.39 is 0 Å². The molecule has 0 radical (unpaired) electrons. The van der Waals surface area contributed by atoms with Crippen molar-refractivity contribution in [3.63, 3.8) is 0 Å². The van der Waals surface area contributed by atoms with Crippen LogP contribution in [0, 0.1) is 12.7 Å². The van der Waals surface area contributed by atoms with Crippen LogP contribution in [0.15, 0.2) is 42.6 Å². The van der Waals surface area contributed by atoms with Gasteiger partial charge in [0.05, 0.1) is 11.4 Å². The van der Waals surface area contributed by atoms with Crippen LogP contribution in [0.3, 0.4) is 0 Å². The topological polar surface area (TPSA) is 42.0 Å². The number of hydrogen-bond acceptors (Lipinski definition) is 3. The van der Waals surface area contributed by atoms with Gasteiger partial charge in [0.1, 0.15) is 5.82 Å². The summed E-state index contributed by atoms with van der Waals surface area (Å²) >= 11 is 1.52. The minimum absolute atomic E-state index is 0.0297. The molecule has 2 rings (SSSR count).